The van der Waals surface area contributed by atoms with Gasteiger partial charge in [0.25, 0.3) is 0 Å². The summed E-state index contributed by atoms with van der Waals surface area (Å²) in [5, 5.41) is 5.40. The highest BCUT2D eigenvalue weighted by molar-refractivity contribution is 7.13. The summed E-state index contributed by atoms with van der Waals surface area (Å²) >= 11 is 7.32. The Kier molecular flexibility index (Phi) is 6.24. The molecule has 0 bridgehead atoms. The number of carbonyl (C=O) groups is 1. The summed E-state index contributed by atoms with van der Waals surface area (Å²) in [4.78, 5) is 18.9. The Morgan fingerprint density at radius 3 is 2.85 bits per heavy atom. The lowest BCUT2D eigenvalue weighted by Gasteiger charge is -2.34. The number of nitrogens with zero attached hydrogens (tertiary/aromatic N) is 2. The number of rotatable bonds is 5. The van der Waals surface area contributed by atoms with Gasteiger partial charge in [-0.2, -0.15) is 0 Å². The molecule has 1 amide bonds. The molecule has 0 spiro atoms. The van der Waals surface area contributed by atoms with Gasteiger partial charge < -0.3 is 10.1 Å². The van der Waals surface area contributed by atoms with E-state index in [4.69, 9.17) is 16.3 Å². The van der Waals surface area contributed by atoms with Crippen molar-refractivity contribution in [3.63, 3.8) is 0 Å². The lowest BCUT2D eigenvalue weighted by molar-refractivity contribution is -0.115. The summed E-state index contributed by atoms with van der Waals surface area (Å²) in [6.45, 7) is 6.54. The first-order valence-corrected chi connectivity index (χ1v) is 9.71. The van der Waals surface area contributed by atoms with Crippen LogP contribution < -0.4 is 5.32 Å². The highest BCUT2D eigenvalue weighted by Crippen LogP contribution is 2.22. The summed E-state index contributed by atoms with van der Waals surface area (Å²) in [5.41, 5.74) is 1.09. The summed E-state index contributed by atoms with van der Waals surface area (Å²) in [5.74, 6) is -0.824. The molecule has 2 heterocycles. The van der Waals surface area contributed by atoms with E-state index in [2.05, 4.69) is 29.0 Å². The molecule has 0 radical (unpaired) electrons. The molecule has 5 nitrogen and oxygen atoms in total. The van der Waals surface area contributed by atoms with E-state index in [0.29, 0.717) is 11.7 Å². The van der Waals surface area contributed by atoms with E-state index in [1.807, 2.05) is 5.38 Å². The molecule has 1 fully saturated rings. The number of aromatic nitrogens is 1. The zero-order valence-electron chi connectivity index (χ0n) is 14.7. The van der Waals surface area contributed by atoms with Crippen LogP contribution in [0.3, 0.4) is 0 Å². The van der Waals surface area contributed by atoms with Gasteiger partial charge in [0.05, 0.1) is 24.3 Å². The van der Waals surface area contributed by atoms with Crippen molar-refractivity contribution >= 4 is 34.0 Å². The second kappa shape index (κ2) is 8.43. The lowest BCUT2D eigenvalue weighted by atomic mass is 10.1. The van der Waals surface area contributed by atoms with Gasteiger partial charge in [-0.1, -0.05) is 17.7 Å². The minimum Gasteiger partial charge on any atom is -0.373 e. The van der Waals surface area contributed by atoms with Crippen LogP contribution in [0.15, 0.2) is 23.6 Å². The van der Waals surface area contributed by atoms with Crippen molar-refractivity contribution in [1.29, 1.82) is 0 Å². The quantitative estimate of drug-likeness (QED) is 0.835. The Morgan fingerprint density at radius 2 is 2.15 bits per heavy atom. The minimum atomic E-state index is -0.483. The number of nitrogens with one attached hydrogen (secondary N) is 1. The number of halogens is 2. The third-order valence-electron chi connectivity index (χ3n) is 4.08. The molecule has 1 aromatic carbocycles. The number of hydrogen-bond acceptors (Lipinski definition) is 5. The molecule has 3 rings (SSSR count). The van der Waals surface area contributed by atoms with Crippen LogP contribution in [0.25, 0.3) is 0 Å². The summed E-state index contributed by atoms with van der Waals surface area (Å²) < 4.78 is 19.5. The van der Waals surface area contributed by atoms with Crippen LogP contribution in [0.1, 0.15) is 25.1 Å². The van der Waals surface area contributed by atoms with E-state index >= 15 is 0 Å². The van der Waals surface area contributed by atoms with Crippen molar-refractivity contribution in [2.24, 2.45) is 0 Å². The predicted molar refractivity (Wildman–Crippen MR) is 101 cm³/mol. The molecule has 1 saturated heterocycles. The highest BCUT2D eigenvalue weighted by atomic mass is 35.5. The van der Waals surface area contributed by atoms with E-state index < -0.39 is 5.82 Å². The van der Waals surface area contributed by atoms with Gasteiger partial charge in [-0.3, -0.25) is 9.69 Å². The molecule has 1 aromatic heterocycles. The van der Waals surface area contributed by atoms with E-state index in [9.17, 15) is 9.18 Å². The standard InChI is InChI=1S/C18H21ClFN3O2S/c1-11-7-23(8-12(2)25-11)9-13-10-26-18(21-13)22-17(24)6-14-15(19)4-3-5-16(14)20/h3-5,10-12H,6-9H2,1-2H3,(H,21,22,24). The van der Waals surface area contributed by atoms with Gasteiger partial charge in [0.1, 0.15) is 5.82 Å². The Labute approximate surface area is 161 Å². The molecule has 2 atom stereocenters. The van der Waals surface area contributed by atoms with Crippen molar-refractivity contribution in [3.8, 4) is 0 Å². The van der Waals surface area contributed by atoms with Gasteiger partial charge in [0.2, 0.25) is 5.91 Å². The lowest BCUT2D eigenvalue weighted by Crippen LogP contribution is -2.44. The number of carbonyl (C=O) groups excluding carboxylic acids is 1. The highest BCUT2D eigenvalue weighted by Gasteiger charge is 2.23. The normalized spacial score (nSPS) is 20.9. The van der Waals surface area contributed by atoms with Gasteiger partial charge in [-0.05, 0) is 26.0 Å². The van der Waals surface area contributed by atoms with Crippen LogP contribution >= 0.6 is 22.9 Å². The maximum Gasteiger partial charge on any atom is 0.230 e. The maximum absolute atomic E-state index is 13.8. The van der Waals surface area contributed by atoms with E-state index in [0.717, 1.165) is 18.8 Å². The molecule has 8 heteroatoms. The summed E-state index contributed by atoms with van der Waals surface area (Å²) in [6.07, 6.45) is 0.267. The Morgan fingerprint density at radius 1 is 1.42 bits per heavy atom. The molecule has 1 N–H and O–H groups in total. The molecule has 2 unspecified atom stereocenters. The van der Waals surface area contributed by atoms with Gasteiger partial charge in [0, 0.05) is 35.6 Å². The van der Waals surface area contributed by atoms with Crippen molar-refractivity contribution in [2.45, 2.75) is 39.0 Å². The Hall–Kier alpha value is -1.54. The number of amides is 1. The van der Waals surface area contributed by atoms with Crippen LogP contribution in [0.4, 0.5) is 9.52 Å². The monoisotopic (exact) mass is 397 g/mol. The summed E-state index contributed by atoms with van der Waals surface area (Å²) in [6, 6.07) is 4.37. The smallest absolute Gasteiger partial charge is 0.230 e. The average Bonchev–Trinajstić information content (AvgIpc) is 2.97. The number of anilines is 1. The number of hydrogen-bond donors (Lipinski definition) is 1. The SMILES string of the molecule is CC1CN(Cc2csc(NC(=O)Cc3c(F)cccc3Cl)n2)CC(C)O1. The molecule has 140 valence electrons. The second-order valence-electron chi connectivity index (χ2n) is 6.52. The van der Waals surface area contributed by atoms with Crippen LogP contribution in [-0.4, -0.2) is 41.1 Å². The van der Waals surface area contributed by atoms with Crippen molar-refractivity contribution in [3.05, 3.63) is 45.7 Å². The fourth-order valence-electron chi connectivity index (χ4n) is 3.10. The van der Waals surface area contributed by atoms with Gasteiger partial charge in [0.15, 0.2) is 5.13 Å². The molecule has 2 aromatic rings. The van der Waals surface area contributed by atoms with Crippen LogP contribution in [0, 0.1) is 5.82 Å². The van der Waals surface area contributed by atoms with Gasteiger partial charge >= 0.3 is 0 Å². The zero-order valence-corrected chi connectivity index (χ0v) is 16.2. The van der Waals surface area contributed by atoms with E-state index in [-0.39, 0.29) is 35.1 Å². The first-order valence-electron chi connectivity index (χ1n) is 8.45. The Bertz CT molecular complexity index is 755. The largest absolute Gasteiger partial charge is 0.373 e. The van der Waals surface area contributed by atoms with E-state index in [1.165, 1.54) is 23.5 Å². The summed E-state index contributed by atoms with van der Waals surface area (Å²) in [7, 11) is 0. The maximum atomic E-state index is 13.8. The topological polar surface area (TPSA) is 54.5 Å². The molecule has 1 aliphatic rings. The predicted octanol–water partition coefficient (Wildman–Crippen LogP) is 3.73. The molecular weight excluding hydrogens is 377 g/mol. The minimum absolute atomic E-state index is 0.126. The van der Waals surface area contributed by atoms with Crippen LogP contribution in [0.2, 0.25) is 5.02 Å². The van der Waals surface area contributed by atoms with Crippen molar-refractivity contribution < 1.29 is 13.9 Å². The molecule has 26 heavy (non-hydrogen) atoms. The number of benzene rings is 1. The first-order chi connectivity index (χ1) is 12.4. The van der Waals surface area contributed by atoms with Crippen LogP contribution in [-0.2, 0) is 22.5 Å². The van der Waals surface area contributed by atoms with E-state index in [1.54, 1.807) is 6.07 Å². The van der Waals surface area contributed by atoms with Gasteiger partial charge in [-0.15, -0.1) is 11.3 Å². The zero-order chi connectivity index (χ0) is 18.7. The number of thiazole rings is 1. The fourth-order valence-corrected chi connectivity index (χ4v) is 4.05. The third-order valence-corrected chi connectivity index (χ3v) is 5.24. The number of morpholine rings is 1. The molecular formula is C18H21ClFN3O2S. The van der Waals surface area contributed by atoms with Crippen molar-refractivity contribution in [2.75, 3.05) is 18.4 Å². The van der Waals surface area contributed by atoms with Crippen LogP contribution in [0.5, 0.6) is 0 Å². The first kappa shape index (κ1) is 19.2. The molecule has 1 aliphatic heterocycles. The molecule has 0 saturated carbocycles. The third kappa shape index (κ3) is 5.01. The van der Waals surface area contributed by atoms with Gasteiger partial charge in [-0.25, -0.2) is 9.37 Å². The second-order valence-corrected chi connectivity index (χ2v) is 7.79. The Balaban J connectivity index is 1.57. The fraction of sp³-hybridized carbons (Fsp3) is 0.444. The molecule has 0 aliphatic carbocycles. The average molecular weight is 398 g/mol. The van der Waals surface area contributed by atoms with Crippen molar-refractivity contribution in [1.82, 2.24) is 9.88 Å². The number of ether oxygens (including phenoxy) is 1.